The normalized spacial score (nSPS) is 18.5. The number of aromatic nitrogens is 1. The molecule has 0 saturated carbocycles. The summed E-state index contributed by atoms with van der Waals surface area (Å²) in [6, 6.07) is 4.41. The van der Waals surface area contributed by atoms with Crippen LogP contribution in [-0.4, -0.2) is 28.4 Å². The molecule has 98 valence electrons. The van der Waals surface area contributed by atoms with Crippen LogP contribution in [0.15, 0.2) is 22.6 Å². The summed E-state index contributed by atoms with van der Waals surface area (Å²) in [5.74, 6) is -0.0238. The van der Waals surface area contributed by atoms with Crippen LogP contribution in [0, 0.1) is 10.1 Å². The minimum atomic E-state index is -0.491. The summed E-state index contributed by atoms with van der Waals surface area (Å²) in [5.41, 5.74) is 0.826. The van der Waals surface area contributed by atoms with Crippen LogP contribution in [0.4, 0.5) is 11.7 Å². The number of nitrogens with one attached hydrogen (secondary N) is 2. The van der Waals surface area contributed by atoms with Gasteiger partial charge in [-0.1, -0.05) is 0 Å². The topological polar surface area (TPSA) is 110 Å². The van der Waals surface area contributed by atoms with Gasteiger partial charge in [-0.15, -0.1) is 0 Å². The first-order valence-corrected chi connectivity index (χ1v) is 5.70. The monoisotopic (exact) mass is 262 g/mol. The van der Waals surface area contributed by atoms with Crippen LogP contribution in [0.25, 0.3) is 11.1 Å². The van der Waals surface area contributed by atoms with Gasteiger partial charge in [0.1, 0.15) is 5.52 Å². The summed E-state index contributed by atoms with van der Waals surface area (Å²) >= 11 is 0. The van der Waals surface area contributed by atoms with Crippen LogP contribution in [0.5, 0.6) is 0 Å². The van der Waals surface area contributed by atoms with Crippen molar-refractivity contribution >= 4 is 28.7 Å². The third-order valence-electron chi connectivity index (χ3n) is 2.89. The Morgan fingerprint density at radius 3 is 3.05 bits per heavy atom. The molecule has 8 nitrogen and oxygen atoms in total. The largest absolute Gasteiger partial charge is 0.423 e. The number of anilines is 1. The quantitative estimate of drug-likeness (QED) is 0.631. The number of nitrogens with zero attached hydrogens (tertiary/aromatic N) is 2. The molecule has 19 heavy (non-hydrogen) atoms. The average molecular weight is 262 g/mol. The Hall–Kier alpha value is -2.64. The predicted octanol–water partition coefficient (Wildman–Crippen LogP) is 1.04. The van der Waals surface area contributed by atoms with E-state index in [4.69, 9.17) is 4.42 Å². The summed E-state index contributed by atoms with van der Waals surface area (Å²) in [4.78, 5) is 25.4. The lowest BCUT2D eigenvalue weighted by Crippen LogP contribution is -2.22. The number of benzene rings is 1. The Kier molecular flexibility index (Phi) is 2.55. The van der Waals surface area contributed by atoms with Crippen molar-refractivity contribution < 1.29 is 14.1 Å². The lowest BCUT2D eigenvalue weighted by atomic mass is 10.3. The zero-order valence-corrected chi connectivity index (χ0v) is 9.75. The van der Waals surface area contributed by atoms with Crippen molar-refractivity contribution in [3.63, 3.8) is 0 Å². The van der Waals surface area contributed by atoms with Crippen LogP contribution in [0.2, 0.25) is 0 Å². The lowest BCUT2D eigenvalue weighted by molar-refractivity contribution is -0.384. The number of hydrogen-bond donors (Lipinski definition) is 2. The highest BCUT2D eigenvalue weighted by molar-refractivity contribution is 5.80. The number of rotatable bonds is 3. The summed E-state index contributed by atoms with van der Waals surface area (Å²) in [7, 11) is 0. The molecule has 0 spiro atoms. The number of oxazole rings is 1. The van der Waals surface area contributed by atoms with Gasteiger partial charge in [-0.05, 0) is 6.07 Å². The lowest BCUT2D eigenvalue weighted by Gasteiger charge is -2.06. The minimum Gasteiger partial charge on any atom is -0.423 e. The smallest absolute Gasteiger partial charge is 0.295 e. The molecule has 1 amide bonds. The number of non-ortho nitro benzene ring substituents is 1. The fourth-order valence-electron chi connectivity index (χ4n) is 1.97. The van der Waals surface area contributed by atoms with E-state index in [2.05, 4.69) is 15.6 Å². The maximum Gasteiger partial charge on any atom is 0.295 e. The first-order valence-electron chi connectivity index (χ1n) is 5.70. The molecule has 1 aliphatic heterocycles. The summed E-state index contributed by atoms with van der Waals surface area (Å²) in [5, 5.41) is 16.3. The Morgan fingerprint density at radius 2 is 2.37 bits per heavy atom. The molecule has 0 radical (unpaired) electrons. The molecule has 1 aromatic heterocycles. The fraction of sp³-hybridized carbons (Fsp3) is 0.273. The maximum atomic E-state index is 11.1. The summed E-state index contributed by atoms with van der Waals surface area (Å²) in [6.07, 6.45) is 0.360. The number of carbonyl (C=O) groups is 1. The van der Waals surface area contributed by atoms with Crippen LogP contribution in [-0.2, 0) is 4.79 Å². The van der Waals surface area contributed by atoms with E-state index in [0.717, 1.165) is 0 Å². The SMILES string of the molecule is O=C1CC(Nc2nc3ccc([N+](=O)[O-])cc3o2)CN1. The van der Waals surface area contributed by atoms with Crippen molar-refractivity contribution in [1.29, 1.82) is 0 Å². The number of fused-ring (bicyclic) bond motifs is 1. The molecule has 3 rings (SSSR count). The van der Waals surface area contributed by atoms with Crippen molar-refractivity contribution in [3.8, 4) is 0 Å². The van der Waals surface area contributed by atoms with E-state index in [1.54, 1.807) is 0 Å². The molecule has 1 unspecified atom stereocenters. The van der Waals surface area contributed by atoms with Crippen molar-refractivity contribution in [1.82, 2.24) is 10.3 Å². The minimum absolute atomic E-state index is 0.0238. The molecule has 1 aliphatic rings. The Labute approximate surface area is 106 Å². The van der Waals surface area contributed by atoms with Crippen molar-refractivity contribution in [2.45, 2.75) is 12.5 Å². The average Bonchev–Trinajstić information content (AvgIpc) is 2.94. The van der Waals surface area contributed by atoms with Gasteiger partial charge in [0.25, 0.3) is 11.7 Å². The van der Waals surface area contributed by atoms with Gasteiger partial charge >= 0.3 is 0 Å². The molecule has 2 heterocycles. The molecular formula is C11H10N4O4. The molecule has 1 saturated heterocycles. The van der Waals surface area contributed by atoms with Gasteiger partial charge in [0, 0.05) is 19.0 Å². The van der Waals surface area contributed by atoms with E-state index in [1.807, 2.05) is 0 Å². The standard InChI is InChI=1S/C11H10N4O4/c16-10-3-6(5-12-10)13-11-14-8-2-1-7(15(17)18)4-9(8)19-11/h1-2,4,6H,3,5H2,(H,12,16)(H,13,14). The second-order valence-electron chi connectivity index (χ2n) is 4.28. The second-order valence-corrected chi connectivity index (χ2v) is 4.28. The maximum absolute atomic E-state index is 11.1. The Bertz CT molecular complexity index is 666. The van der Waals surface area contributed by atoms with E-state index >= 15 is 0 Å². The number of amides is 1. The number of hydrogen-bond acceptors (Lipinski definition) is 6. The van der Waals surface area contributed by atoms with E-state index in [1.165, 1.54) is 18.2 Å². The highest BCUT2D eigenvalue weighted by Gasteiger charge is 2.23. The predicted molar refractivity (Wildman–Crippen MR) is 65.7 cm³/mol. The third kappa shape index (κ3) is 2.19. The van der Waals surface area contributed by atoms with Gasteiger partial charge in [-0.2, -0.15) is 4.98 Å². The number of carbonyl (C=O) groups excluding carboxylic acids is 1. The van der Waals surface area contributed by atoms with Crippen molar-refractivity contribution in [2.75, 3.05) is 11.9 Å². The van der Waals surface area contributed by atoms with Crippen LogP contribution in [0.1, 0.15) is 6.42 Å². The van der Waals surface area contributed by atoms with E-state index in [9.17, 15) is 14.9 Å². The van der Waals surface area contributed by atoms with Gasteiger partial charge in [0.05, 0.1) is 17.0 Å². The van der Waals surface area contributed by atoms with Gasteiger partial charge in [-0.25, -0.2) is 0 Å². The molecule has 1 atom stereocenters. The molecule has 8 heteroatoms. The van der Waals surface area contributed by atoms with Gasteiger partial charge in [0.2, 0.25) is 5.91 Å². The summed E-state index contributed by atoms with van der Waals surface area (Å²) < 4.78 is 5.39. The third-order valence-corrected chi connectivity index (χ3v) is 2.89. The van der Waals surface area contributed by atoms with Crippen LogP contribution in [0.3, 0.4) is 0 Å². The number of nitro groups is 1. The Balaban J connectivity index is 1.85. The fourth-order valence-corrected chi connectivity index (χ4v) is 1.97. The Morgan fingerprint density at radius 1 is 1.53 bits per heavy atom. The van der Waals surface area contributed by atoms with Crippen molar-refractivity contribution in [2.24, 2.45) is 0 Å². The van der Waals surface area contributed by atoms with E-state index in [0.29, 0.717) is 24.1 Å². The van der Waals surface area contributed by atoms with E-state index in [-0.39, 0.29) is 23.7 Å². The second kappa shape index (κ2) is 4.23. The summed E-state index contributed by atoms with van der Waals surface area (Å²) in [6.45, 7) is 0.512. The highest BCUT2D eigenvalue weighted by atomic mass is 16.6. The van der Waals surface area contributed by atoms with Gasteiger partial charge < -0.3 is 15.1 Å². The molecule has 2 N–H and O–H groups in total. The van der Waals surface area contributed by atoms with Gasteiger partial charge in [-0.3, -0.25) is 14.9 Å². The van der Waals surface area contributed by atoms with E-state index < -0.39 is 4.92 Å². The highest BCUT2D eigenvalue weighted by Crippen LogP contribution is 2.24. The van der Waals surface area contributed by atoms with Crippen molar-refractivity contribution in [3.05, 3.63) is 28.3 Å². The molecule has 2 aromatic rings. The zero-order valence-electron chi connectivity index (χ0n) is 9.75. The van der Waals surface area contributed by atoms with Crippen LogP contribution >= 0.6 is 0 Å². The first-order chi connectivity index (χ1) is 9.11. The van der Waals surface area contributed by atoms with Crippen LogP contribution < -0.4 is 10.6 Å². The molecule has 0 bridgehead atoms. The molecule has 1 fully saturated rings. The number of nitro benzene ring substituents is 1. The molecule has 0 aliphatic carbocycles. The van der Waals surface area contributed by atoms with Gasteiger partial charge in [0.15, 0.2) is 5.58 Å². The molecule has 1 aromatic carbocycles. The zero-order chi connectivity index (χ0) is 13.4. The molecular weight excluding hydrogens is 252 g/mol. The first kappa shape index (κ1) is 11.5.